The lowest BCUT2D eigenvalue weighted by molar-refractivity contribution is -0.136. The van der Waals surface area contributed by atoms with Crippen LogP contribution < -0.4 is 16.4 Å². The first-order valence-corrected chi connectivity index (χ1v) is 13.4. The largest absolute Gasteiger partial charge is 0.382 e. The first-order chi connectivity index (χ1) is 17.0. The van der Waals surface area contributed by atoms with Crippen LogP contribution >= 0.6 is 12.4 Å². The summed E-state index contributed by atoms with van der Waals surface area (Å²) in [7, 11) is 0. The average Bonchev–Trinajstić information content (AvgIpc) is 3.20. The van der Waals surface area contributed by atoms with E-state index in [0.717, 1.165) is 69.4 Å². The SMILES string of the molecule is Cl.NC1CCC([C@@H](CCC2CCOCC2)Nc2cccc3c2CN([C@@H]2CCC(=O)NC2=O)C3=O)CC1. The van der Waals surface area contributed by atoms with Crippen molar-refractivity contribution in [2.75, 3.05) is 18.5 Å². The minimum Gasteiger partial charge on any atom is -0.382 e. The van der Waals surface area contributed by atoms with Crippen LogP contribution in [0.4, 0.5) is 5.69 Å². The van der Waals surface area contributed by atoms with E-state index in [1.807, 2.05) is 12.1 Å². The second-order valence-corrected chi connectivity index (χ2v) is 10.8. The van der Waals surface area contributed by atoms with Crippen molar-refractivity contribution >= 4 is 35.8 Å². The van der Waals surface area contributed by atoms with Crippen molar-refractivity contribution in [3.63, 3.8) is 0 Å². The fourth-order valence-electron chi connectivity index (χ4n) is 6.34. The molecule has 3 heterocycles. The molecule has 198 valence electrons. The number of nitrogens with zero attached hydrogens (tertiary/aromatic N) is 1. The standard InChI is InChI=1S/C27H38N4O4.ClH/c28-19-7-5-18(6-8-19)22(9-4-17-12-14-35-15-13-17)29-23-3-1-2-20-21(23)16-31(27(20)34)24-10-11-25(32)30-26(24)33;/h1-3,17-19,22,24,29H,4-16,28H2,(H,30,32,33);1H/t18?,19?,22-,24-;/m1./s1. The number of nitrogens with one attached hydrogen (secondary N) is 2. The summed E-state index contributed by atoms with van der Waals surface area (Å²) < 4.78 is 5.55. The predicted molar refractivity (Wildman–Crippen MR) is 140 cm³/mol. The van der Waals surface area contributed by atoms with Gasteiger partial charge in [-0.1, -0.05) is 6.07 Å². The Morgan fingerprint density at radius 1 is 1.06 bits per heavy atom. The Hall–Kier alpha value is -2.16. The van der Waals surface area contributed by atoms with E-state index in [1.54, 1.807) is 4.90 Å². The summed E-state index contributed by atoms with van der Waals surface area (Å²) in [6.45, 7) is 2.13. The summed E-state index contributed by atoms with van der Waals surface area (Å²) >= 11 is 0. The van der Waals surface area contributed by atoms with E-state index in [4.69, 9.17) is 10.5 Å². The molecule has 5 rings (SSSR count). The van der Waals surface area contributed by atoms with E-state index in [9.17, 15) is 14.4 Å². The highest BCUT2D eigenvalue weighted by atomic mass is 35.5. The number of rotatable bonds is 7. The quantitative estimate of drug-likeness (QED) is 0.477. The number of imide groups is 1. The van der Waals surface area contributed by atoms with Gasteiger partial charge in [-0.2, -0.15) is 0 Å². The summed E-state index contributed by atoms with van der Waals surface area (Å²) in [6, 6.07) is 5.89. The highest BCUT2D eigenvalue weighted by Gasteiger charge is 2.40. The zero-order valence-electron chi connectivity index (χ0n) is 20.9. The number of hydrogen-bond acceptors (Lipinski definition) is 6. The van der Waals surface area contributed by atoms with Gasteiger partial charge < -0.3 is 20.7 Å². The number of anilines is 1. The Kier molecular flexibility index (Phi) is 8.91. The van der Waals surface area contributed by atoms with Crippen LogP contribution in [0.15, 0.2) is 18.2 Å². The molecule has 3 aliphatic heterocycles. The third-order valence-electron chi connectivity index (χ3n) is 8.54. The third kappa shape index (κ3) is 5.87. The molecule has 0 radical (unpaired) electrons. The van der Waals surface area contributed by atoms with Gasteiger partial charge in [0.05, 0.1) is 0 Å². The average molecular weight is 519 g/mol. The molecular formula is C27H39ClN4O4. The van der Waals surface area contributed by atoms with Crippen LogP contribution in [0.5, 0.6) is 0 Å². The van der Waals surface area contributed by atoms with Crippen LogP contribution in [0.2, 0.25) is 0 Å². The molecular weight excluding hydrogens is 480 g/mol. The molecule has 1 saturated carbocycles. The monoisotopic (exact) mass is 518 g/mol. The highest BCUT2D eigenvalue weighted by Crippen LogP contribution is 2.36. The number of nitrogens with two attached hydrogens (primary N) is 1. The van der Waals surface area contributed by atoms with Gasteiger partial charge in [0.1, 0.15) is 6.04 Å². The number of carbonyl (C=O) groups excluding carboxylic acids is 3. The maximum Gasteiger partial charge on any atom is 0.255 e. The zero-order chi connectivity index (χ0) is 24.4. The zero-order valence-corrected chi connectivity index (χ0v) is 21.7. The van der Waals surface area contributed by atoms with Gasteiger partial charge in [0.15, 0.2) is 0 Å². The number of benzene rings is 1. The Bertz CT molecular complexity index is 959. The van der Waals surface area contributed by atoms with E-state index in [0.29, 0.717) is 42.4 Å². The summed E-state index contributed by atoms with van der Waals surface area (Å²) in [4.78, 5) is 38.9. The fourth-order valence-corrected chi connectivity index (χ4v) is 6.34. The Balaban J connectivity index is 0.00000304. The number of fused-ring (bicyclic) bond motifs is 1. The topological polar surface area (TPSA) is 114 Å². The molecule has 2 saturated heterocycles. The van der Waals surface area contributed by atoms with Crippen LogP contribution in [-0.4, -0.2) is 54.0 Å². The van der Waals surface area contributed by atoms with Crippen LogP contribution in [0.3, 0.4) is 0 Å². The normalized spacial score (nSPS) is 27.8. The molecule has 0 unspecified atom stereocenters. The third-order valence-corrected chi connectivity index (χ3v) is 8.54. The van der Waals surface area contributed by atoms with Crippen LogP contribution in [0.25, 0.3) is 0 Å². The van der Waals surface area contributed by atoms with E-state index >= 15 is 0 Å². The van der Waals surface area contributed by atoms with E-state index < -0.39 is 6.04 Å². The van der Waals surface area contributed by atoms with Gasteiger partial charge in [0, 0.05) is 55.1 Å². The molecule has 8 nitrogen and oxygen atoms in total. The van der Waals surface area contributed by atoms with E-state index in [1.165, 1.54) is 6.42 Å². The molecule has 2 atom stereocenters. The summed E-state index contributed by atoms with van der Waals surface area (Å²) in [5.74, 6) is 0.515. The number of ether oxygens (including phenoxy) is 1. The molecule has 3 amide bonds. The smallest absolute Gasteiger partial charge is 0.255 e. The van der Waals surface area contributed by atoms with Crippen molar-refractivity contribution < 1.29 is 19.1 Å². The molecule has 3 fully saturated rings. The highest BCUT2D eigenvalue weighted by molar-refractivity contribution is 6.06. The second-order valence-electron chi connectivity index (χ2n) is 10.8. The van der Waals surface area contributed by atoms with Gasteiger partial charge in [-0.05, 0) is 81.8 Å². The van der Waals surface area contributed by atoms with Crippen molar-refractivity contribution in [3.8, 4) is 0 Å². The molecule has 1 aromatic carbocycles. The van der Waals surface area contributed by atoms with Crippen molar-refractivity contribution in [2.45, 2.75) is 88.9 Å². The predicted octanol–water partition coefficient (Wildman–Crippen LogP) is 3.37. The van der Waals surface area contributed by atoms with Gasteiger partial charge in [-0.15, -0.1) is 12.4 Å². The number of hydrogen-bond donors (Lipinski definition) is 3. The molecule has 4 aliphatic rings. The van der Waals surface area contributed by atoms with E-state index in [2.05, 4.69) is 16.7 Å². The van der Waals surface area contributed by atoms with Crippen molar-refractivity contribution in [1.82, 2.24) is 10.2 Å². The minimum atomic E-state index is -0.593. The van der Waals surface area contributed by atoms with Crippen molar-refractivity contribution in [2.24, 2.45) is 17.6 Å². The van der Waals surface area contributed by atoms with Crippen molar-refractivity contribution in [3.05, 3.63) is 29.3 Å². The van der Waals surface area contributed by atoms with Gasteiger partial charge in [-0.25, -0.2) is 0 Å². The lowest BCUT2D eigenvalue weighted by Crippen LogP contribution is -2.52. The lowest BCUT2D eigenvalue weighted by Gasteiger charge is -2.35. The molecule has 0 bridgehead atoms. The molecule has 4 N–H and O–H groups in total. The summed E-state index contributed by atoms with van der Waals surface area (Å²) in [5, 5.41) is 6.25. The van der Waals surface area contributed by atoms with Crippen LogP contribution in [0, 0.1) is 11.8 Å². The van der Waals surface area contributed by atoms with Gasteiger partial charge in [0.25, 0.3) is 5.91 Å². The maximum atomic E-state index is 13.2. The summed E-state index contributed by atoms with van der Waals surface area (Å²) in [5.41, 5.74) is 8.83. The maximum absolute atomic E-state index is 13.2. The number of halogens is 1. The summed E-state index contributed by atoms with van der Waals surface area (Å²) in [6.07, 6.45) is 9.58. The van der Waals surface area contributed by atoms with Gasteiger partial charge in [-0.3, -0.25) is 19.7 Å². The molecule has 0 aromatic heterocycles. The van der Waals surface area contributed by atoms with Crippen LogP contribution in [-0.2, 0) is 20.9 Å². The van der Waals surface area contributed by atoms with Gasteiger partial charge >= 0.3 is 0 Å². The Morgan fingerprint density at radius 3 is 2.53 bits per heavy atom. The molecule has 9 heteroatoms. The number of amides is 3. The molecule has 0 spiro atoms. The first kappa shape index (κ1) is 26.9. The molecule has 1 aliphatic carbocycles. The number of carbonyl (C=O) groups is 3. The fraction of sp³-hybridized carbons (Fsp3) is 0.667. The van der Waals surface area contributed by atoms with Crippen LogP contribution in [0.1, 0.15) is 80.1 Å². The Morgan fingerprint density at radius 2 is 1.81 bits per heavy atom. The van der Waals surface area contributed by atoms with E-state index in [-0.39, 0.29) is 36.5 Å². The first-order valence-electron chi connectivity index (χ1n) is 13.4. The molecule has 1 aromatic rings. The van der Waals surface area contributed by atoms with Crippen molar-refractivity contribution in [1.29, 1.82) is 0 Å². The Labute approximate surface area is 219 Å². The molecule has 36 heavy (non-hydrogen) atoms. The minimum absolute atomic E-state index is 0. The number of piperidine rings is 1. The lowest BCUT2D eigenvalue weighted by atomic mass is 9.79. The second kappa shape index (κ2) is 11.9. The van der Waals surface area contributed by atoms with Gasteiger partial charge in [0.2, 0.25) is 11.8 Å².